The van der Waals surface area contributed by atoms with Crippen molar-refractivity contribution in [2.45, 2.75) is 27.2 Å². The Balaban J connectivity index is 2.77. The van der Waals surface area contributed by atoms with Crippen LogP contribution in [-0.2, 0) is 9.53 Å². The molecule has 18 heavy (non-hydrogen) atoms. The molecule has 0 bridgehead atoms. The van der Waals surface area contributed by atoms with Crippen LogP contribution in [0.5, 0.6) is 0 Å². The molecule has 100 valence electrons. The number of amides is 1. The molecule has 0 aliphatic heterocycles. The van der Waals surface area contributed by atoms with Crippen molar-refractivity contribution in [2.75, 3.05) is 20.2 Å². The molecule has 0 aliphatic carbocycles. The molecule has 0 fully saturated rings. The van der Waals surface area contributed by atoms with E-state index in [1.807, 2.05) is 6.92 Å². The summed E-state index contributed by atoms with van der Waals surface area (Å²) in [5.74, 6) is -0.00770. The number of carbonyl (C=O) groups excluding carboxylic acids is 2. The number of esters is 1. The van der Waals surface area contributed by atoms with E-state index in [1.165, 1.54) is 7.11 Å². The van der Waals surface area contributed by atoms with Gasteiger partial charge < -0.3 is 14.2 Å². The topological polar surface area (TPSA) is 72.6 Å². The molecule has 0 aliphatic rings. The standard InChI is InChI=1S/C12H18N2O4/c1-5-14(7-6-10(15)17-4)12(16)11-8(2)13-18-9(11)3/h5-7H2,1-4H3. The quantitative estimate of drug-likeness (QED) is 0.741. The number of ether oxygens (including phenoxy) is 1. The third kappa shape index (κ3) is 3.09. The summed E-state index contributed by atoms with van der Waals surface area (Å²) in [5.41, 5.74) is 1.04. The zero-order chi connectivity index (χ0) is 13.7. The van der Waals surface area contributed by atoms with E-state index in [-0.39, 0.29) is 18.3 Å². The lowest BCUT2D eigenvalue weighted by Crippen LogP contribution is -2.33. The third-order valence-corrected chi connectivity index (χ3v) is 2.73. The van der Waals surface area contributed by atoms with Crippen molar-refractivity contribution in [1.29, 1.82) is 0 Å². The van der Waals surface area contributed by atoms with E-state index >= 15 is 0 Å². The van der Waals surface area contributed by atoms with Crippen molar-refractivity contribution in [3.05, 3.63) is 17.0 Å². The summed E-state index contributed by atoms with van der Waals surface area (Å²) in [4.78, 5) is 24.9. The van der Waals surface area contributed by atoms with E-state index in [2.05, 4.69) is 9.89 Å². The summed E-state index contributed by atoms with van der Waals surface area (Å²) in [6.07, 6.45) is 0.180. The van der Waals surface area contributed by atoms with E-state index in [0.29, 0.717) is 30.1 Å². The molecule has 0 saturated heterocycles. The number of hydrogen-bond donors (Lipinski definition) is 0. The van der Waals surface area contributed by atoms with E-state index in [9.17, 15) is 9.59 Å². The SMILES string of the molecule is CCN(CCC(=O)OC)C(=O)c1c(C)noc1C. The van der Waals surface area contributed by atoms with Crippen molar-refractivity contribution >= 4 is 11.9 Å². The number of methoxy groups -OCH3 is 1. The van der Waals surface area contributed by atoms with Gasteiger partial charge in [0.05, 0.1) is 19.2 Å². The van der Waals surface area contributed by atoms with Crippen LogP contribution in [0.15, 0.2) is 4.52 Å². The predicted molar refractivity (Wildman–Crippen MR) is 64.2 cm³/mol. The minimum absolute atomic E-state index is 0.169. The zero-order valence-electron chi connectivity index (χ0n) is 11.1. The third-order valence-electron chi connectivity index (χ3n) is 2.73. The first kappa shape index (κ1) is 14.2. The molecule has 6 heteroatoms. The lowest BCUT2D eigenvalue weighted by molar-refractivity contribution is -0.140. The Morgan fingerprint density at radius 1 is 1.39 bits per heavy atom. The molecule has 0 atom stereocenters. The molecule has 1 rings (SSSR count). The summed E-state index contributed by atoms with van der Waals surface area (Å²) < 4.78 is 9.52. The van der Waals surface area contributed by atoms with E-state index in [1.54, 1.807) is 18.7 Å². The smallest absolute Gasteiger partial charge is 0.307 e. The van der Waals surface area contributed by atoms with Crippen LogP contribution in [-0.4, -0.2) is 42.1 Å². The number of hydrogen-bond acceptors (Lipinski definition) is 5. The second-order valence-corrected chi connectivity index (χ2v) is 3.91. The lowest BCUT2D eigenvalue weighted by Gasteiger charge is -2.19. The number of carbonyl (C=O) groups is 2. The molecular formula is C12H18N2O4. The maximum atomic E-state index is 12.3. The average Bonchev–Trinajstić information content (AvgIpc) is 2.69. The molecule has 0 unspecified atom stereocenters. The van der Waals surface area contributed by atoms with Gasteiger partial charge in [-0.05, 0) is 20.8 Å². The molecule has 0 radical (unpaired) electrons. The van der Waals surface area contributed by atoms with E-state index in [0.717, 1.165) is 0 Å². The minimum Gasteiger partial charge on any atom is -0.469 e. The fraction of sp³-hybridized carbons (Fsp3) is 0.583. The van der Waals surface area contributed by atoms with Gasteiger partial charge in [0.15, 0.2) is 0 Å². The van der Waals surface area contributed by atoms with Gasteiger partial charge in [-0.3, -0.25) is 9.59 Å². The van der Waals surface area contributed by atoms with Gasteiger partial charge in [0.25, 0.3) is 5.91 Å². The van der Waals surface area contributed by atoms with Crippen LogP contribution in [0, 0.1) is 13.8 Å². The molecule has 1 aromatic rings. The van der Waals surface area contributed by atoms with Crippen molar-refractivity contribution in [3.8, 4) is 0 Å². The fourth-order valence-electron chi connectivity index (χ4n) is 1.68. The Morgan fingerprint density at radius 3 is 2.50 bits per heavy atom. The molecule has 0 saturated carbocycles. The molecule has 0 aromatic carbocycles. The molecule has 0 N–H and O–H groups in total. The first-order valence-electron chi connectivity index (χ1n) is 5.80. The Labute approximate surface area is 106 Å². The Kier molecular flexibility index (Phi) is 4.88. The molecule has 0 spiro atoms. The molecule has 1 heterocycles. The van der Waals surface area contributed by atoms with Gasteiger partial charge in [0, 0.05) is 13.1 Å². The predicted octanol–water partition coefficient (Wildman–Crippen LogP) is 1.32. The maximum absolute atomic E-state index is 12.3. The monoisotopic (exact) mass is 254 g/mol. The van der Waals surface area contributed by atoms with Crippen molar-refractivity contribution < 1.29 is 18.8 Å². The maximum Gasteiger partial charge on any atom is 0.307 e. The van der Waals surface area contributed by atoms with Gasteiger partial charge in [0.1, 0.15) is 11.3 Å². The van der Waals surface area contributed by atoms with Crippen LogP contribution in [0.4, 0.5) is 0 Å². The van der Waals surface area contributed by atoms with Crippen LogP contribution in [0.1, 0.15) is 35.2 Å². The van der Waals surface area contributed by atoms with Gasteiger partial charge in [-0.2, -0.15) is 0 Å². The van der Waals surface area contributed by atoms with Crippen LogP contribution in [0.2, 0.25) is 0 Å². The van der Waals surface area contributed by atoms with Crippen LogP contribution in [0.3, 0.4) is 0 Å². The van der Waals surface area contributed by atoms with Crippen LogP contribution >= 0.6 is 0 Å². The summed E-state index contributed by atoms with van der Waals surface area (Å²) in [6.45, 7) is 6.11. The molecule has 1 amide bonds. The minimum atomic E-state index is -0.333. The second kappa shape index (κ2) is 6.18. The highest BCUT2D eigenvalue weighted by Gasteiger charge is 2.22. The largest absolute Gasteiger partial charge is 0.469 e. The highest BCUT2D eigenvalue weighted by Crippen LogP contribution is 2.15. The zero-order valence-corrected chi connectivity index (χ0v) is 11.1. The second-order valence-electron chi connectivity index (χ2n) is 3.91. The van der Waals surface area contributed by atoms with Gasteiger partial charge >= 0.3 is 5.97 Å². The van der Waals surface area contributed by atoms with Crippen molar-refractivity contribution in [1.82, 2.24) is 10.1 Å². The summed E-state index contributed by atoms with van der Waals surface area (Å²) in [7, 11) is 1.33. The summed E-state index contributed by atoms with van der Waals surface area (Å²) in [5, 5.41) is 3.75. The number of rotatable bonds is 5. The van der Waals surface area contributed by atoms with Crippen LogP contribution < -0.4 is 0 Å². The summed E-state index contributed by atoms with van der Waals surface area (Å²) >= 11 is 0. The molecule has 1 aromatic heterocycles. The van der Waals surface area contributed by atoms with Gasteiger partial charge in [-0.15, -0.1) is 0 Å². The first-order chi connectivity index (χ1) is 8.51. The highest BCUT2D eigenvalue weighted by molar-refractivity contribution is 5.96. The Hall–Kier alpha value is -1.85. The van der Waals surface area contributed by atoms with Crippen molar-refractivity contribution in [2.24, 2.45) is 0 Å². The Morgan fingerprint density at radius 2 is 2.06 bits per heavy atom. The van der Waals surface area contributed by atoms with E-state index < -0.39 is 0 Å². The summed E-state index contributed by atoms with van der Waals surface area (Å²) in [6, 6.07) is 0. The average molecular weight is 254 g/mol. The molecule has 6 nitrogen and oxygen atoms in total. The van der Waals surface area contributed by atoms with Gasteiger partial charge in [-0.25, -0.2) is 0 Å². The van der Waals surface area contributed by atoms with E-state index in [4.69, 9.17) is 4.52 Å². The number of aryl methyl sites for hydroxylation is 2. The van der Waals surface area contributed by atoms with Crippen molar-refractivity contribution in [3.63, 3.8) is 0 Å². The fourth-order valence-corrected chi connectivity index (χ4v) is 1.68. The first-order valence-corrected chi connectivity index (χ1v) is 5.80. The normalized spacial score (nSPS) is 10.2. The van der Waals surface area contributed by atoms with Gasteiger partial charge in [-0.1, -0.05) is 5.16 Å². The Bertz CT molecular complexity index is 420. The van der Waals surface area contributed by atoms with Gasteiger partial charge in [0.2, 0.25) is 0 Å². The highest BCUT2D eigenvalue weighted by atomic mass is 16.5. The number of nitrogens with zero attached hydrogens (tertiary/aromatic N) is 2. The van der Waals surface area contributed by atoms with Crippen LogP contribution in [0.25, 0.3) is 0 Å². The number of aromatic nitrogens is 1. The lowest BCUT2D eigenvalue weighted by atomic mass is 10.1. The molecular weight excluding hydrogens is 236 g/mol.